The number of hydrogen-bond donors (Lipinski definition) is 0. The lowest BCUT2D eigenvalue weighted by atomic mass is 9.50. The van der Waals surface area contributed by atoms with Crippen molar-refractivity contribution in [2.45, 2.75) is 18.3 Å². The summed E-state index contributed by atoms with van der Waals surface area (Å²) in [7, 11) is 0. The molecule has 0 aromatic carbocycles. The van der Waals surface area contributed by atoms with Crippen molar-refractivity contribution in [3.63, 3.8) is 0 Å². The predicted molar refractivity (Wildman–Crippen MR) is 54.0 cm³/mol. The zero-order valence-electron chi connectivity index (χ0n) is 8.44. The fourth-order valence-corrected chi connectivity index (χ4v) is 2.82. The van der Waals surface area contributed by atoms with Crippen LogP contribution in [0.15, 0.2) is 24.5 Å². The van der Waals surface area contributed by atoms with Crippen LogP contribution in [0.3, 0.4) is 0 Å². The van der Waals surface area contributed by atoms with Gasteiger partial charge in [-0.1, -0.05) is 6.07 Å². The Morgan fingerprint density at radius 1 is 1.40 bits per heavy atom. The summed E-state index contributed by atoms with van der Waals surface area (Å²) in [5.41, 5.74) is 1.08. The Balaban J connectivity index is 1.88. The number of pyridine rings is 1. The molecule has 1 aromatic rings. The van der Waals surface area contributed by atoms with Crippen LogP contribution in [0.1, 0.15) is 18.4 Å². The van der Waals surface area contributed by atoms with Crippen LogP contribution in [0.5, 0.6) is 0 Å². The molecule has 1 aliphatic carbocycles. The highest BCUT2D eigenvalue weighted by Crippen LogP contribution is 2.58. The number of nitriles is 1. The van der Waals surface area contributed by atoms with Gasteiger partial charge in [0.2, 0.25) is 0 Å². The third-order valence-corrected chi connectivity index (χ3v) is 3.60. The molecule has 15 heavy (non-hydrogen) atoms. The lowest BCUT2D eigenvalue weighted by Crippen LogP contribution is -2.59. The molecule has 0 atom stereocenters. The molecule has 0 bridgehead atoms. The second kappa shape index (κ2) is 2.80. The molecular formula is C12H12N2O. The average molecular weight is 200 g/mol. The Bertz CT molecular complexity index is 409. The Kier molecular flexibility index (Phi) is 1.66. The molecule has 3 heteroatoms. The van der Waals surface area contributed by atoms with E-state index in [1.54, 1.807) is 6.20 Å². The summed E-state index contributed by atoms with van der Waals surface area (Å²) in [6.45, 7) is 1.66. The molecule has 0 N–H and O–H groups in total. The van der Waals surface area contributed by atoms with Crippen molar-refractivity contribution in [3.8, 4) is 6.07 Å². The highest BCUT2D eigenvalue weighted by atomic mass is 16.5. The molecule has 1 spiro atoms. The highest BCUT2D eigenvalue weighted by molar-refractivity contribution is 5.36. The lowest BCUT2D eigenvalue weighted by Gasteiger charge is -2.57. The number of nitrogens with zero attached hydrogens (tertiary/aromatic N) is 2. The van der Waals surface area contributed by atoms with Gasteiger partial charge in [0.05, 0.1) is 24.7 Å². The summed E-state index contributed by atoms with van der Waals surface area (Å²) in [6.07, 6.45) is 5.43. The molecule has 0 amide bonds. The van der Waals surface area contributed by atoms with Crippen molar-refractivity contribution in [1.29, 1.82) is 5.26 Å². The van der Waals surface area contributed by atoms with Crippen LogP contribution in [-0.2, 0) is 10.2 Å². The minimum Gasteiger partial charge on any atom is -0.380 e. The monoisotopic (exact) mass is 200 g/mol. The van der Waals surface area contributed by atoms with E-state index in [1.807, 2.05) is 18.3 Å². The zero-order valence-corrected chi connectivity index (χ0v) is 8.44. The van der Waals surface area contributed by atoms with Crippen molar-refractivity contribution in [1.82, 2.24) is 4.98 Å². The van der Waals surface area contributed by atoms with Gasteiger partial charge in [0.25, 0.3) is 0 Å². The molecule has 3 rings (SSSR count). The first-order valence-electron chi connectivity index (χ1n) is 5.18. The van der Waals surface area contributed by atoms with Crippen LogP contribution < -0.4 is 0 Å². The molecule has 1 aliphatic heterocycles. The third kappa shape index (κ3) is 1.12. The minimum absolute atomic E-state index is 0.294. The lowest BCUT2D eigenvalue weighted by molar-refractivity contribution is -0.178. The predicted octanol–water partition coefficient (Wildman–Crippen LogP) is 1.65. The Morgan fingerprint density at radius 3 is 2.67 bits per heavy atom. The van der Waals surface area contributed by atoms with E-state index in [4.69, 9.17) is 4.74 Å². The first-order valence-corrected chi connectivity index (χ1v) is 5.18. The van der Waals surface area contributed by atoms with Gasteiger partial charge >= 0.3 is 0 Å². The van der Waals surface area contributed by atoms with Gasteiger partial charge in [-0.2, -0.15) is 5.26 Å². The Morgan fingerprint density at radius 2 is 2.20 bits per heavy atom. The Hall–Kier alpha value is -1.40. The first kappa shape index (κ1) is 8.87. The first-order chi connectivity index (χ1) is 7.29. The van der Waals surface area contributed by atoms with E-state index < -0.39 is 0 Å². The van der Waals surface area contributed by atoms with Gasteiger partial charge in [0.1, 0.15) is 0 Å². The maximum Gasteiger partial charge on any atom is 0.0851 e. The van der Waals surface area contributed by atoms with E-state index in [2.05, 4.69) is 11.1 Å². The topological polar surface area (TPSA) is 45.9 Å². The van der Waals surface area contributed by atoms with E-state index >= 15 is 0 Å². The minimum atomic E-state index is -0.294. The maximum absolute atomic E-state index is 9.32. The average Bonchev–Trinajstić information content (AvgIpc) is 2.17. The molecule has 0 radical (unpaired) electrons. The van der Waals surface area contributed by atoms with Gasteiger partial charge in [-0.05, 0) is 24.5 Å². The third-order valence-electron chi connectivity index (χ3n) is 3.60. The van der Waals surface area contributed by atoms with Gasteiger partial charge in [-0.25, -0.2) is 0 Å². The van der Waals surface area contributed by atoms with Crippen LogP contribution in [0, 0.1) is 16.7 Å². The van der Waals surface area contributed by atoms with E-state index in [-0.39, 0.29) is 5.41 Å². The quantitative estimate of drug-likeness (QED) is 0.692. The van der Waals surface area contributed by atoms with Crippen molar-refractivity contribution in [3.05, 3.63) is 30.1 Å². The van der Waals surface area contributed by atoms with E-state index in [1.165, 1.54) is 0 Å². The van der Waals surface area contributed by atoms with Gasteiger partial charge in [0.15, 0.2) is 0 Å². The summed E-state index contributed by atoms with van der Waals surface area (Å²) in [5.74, 6) is 0. The zero-order chi connectivity index (χ0) is 10.4. The molecule has 2 heterocycles. The van der Waals surface area contributed by atoms with Crippen molar-refractivity contribution in [2.75, 3.05) is 13.2 Å². The molecule has 0 unspecified atom stereocenters. The van der Waals surface area contributed by atoms with E-state index in [9.17, 15) is 5.26 Å². The molecule has 1 aromatic heterocycles. The number of ether oxygens (including phenoxy) is 1. The number of rotatable bonds is 1. The van der Waals surface area contributed by atoms with Crippen LogP contribution >= 0.6 is 0 Å². The molecule has 1 saturated heterocycles. The molecule has 3 nitrogen and oxygen atoms in total. The van der Waals surface area contributed by atoms with Crippen LogP contribution in [0.2, 0.25) is 0 Å². The largest absolute Gasteiger partial charge is 0.380 e. The summed E-state index contributed by atoms with van der Waals surface area (Å²) >= 11 is 0. The van der Waals surface area contributed by atoms with Crippen molar-refractivity contribution < 1.29 is 4.74 Å². The molecule has 2 fully saturated rings. The highest BCUT2D eigenvalue weighted by Gasteiger charge is 2.59. The maximum atomic E-state index is 9.32. The summed E-state index contributed by atoms with van der Waals surface area (Å²) in [5, 5.41) is 9.32. The molecule has 1 saturated carbocycles. The second-order valence-corrected chi connectivity index (χ2v) is 4.78. The summed E-state index contributed by atoms with van der Waals surface area (Å²) < 4.78 is 5.23. The fraction of sp³-hybridized carbons (Fsp3) is 0.500. The smallest absolute Gasteiger partial charge is 0.0851 e. The van der Waals surface area contributed by atoms with Gasteiger partial charge in [-0.3, -0.25) is 4.98 Å². The molecule has 2 aliphatic rings. The van der Waals surface area contributed by atoms with Crippen LogP contribution in [-0.4, -0.2) is 18.2 Å². The number of hydrogen-bond acceptors (Lipinski definition) is 3. The summed E-state index contributed by atoms with van der Waals surface area (Å²) in [4.78, 5) is 4.09. The van der Waals surface area contributed by atoms with Crippen LogP contribution in [0.4, 0.5) is 0 Å². The van der Waals surface area contributed by atoms with Gasteiger partial charge in [-0.15, -0.1) is 0 Å². The molecular weight excluding hydrogens is 188 g/mol. The van der Waals surface area contributed by atoms with Gasteiger partial charge in [0, 0.05) is 17.8 Å². The Labute approximate surface area is 88.7 Å². The SMILES string of the molecule is N#CC1(c2cccnc2)CC2(COC2)C1. The van der Waals surface area contributed by atoms with E-state index in [0.29, 0.717) is 5.41 Å². The second-order valence-electron chi connectivity index (χ2n) is 4.78. The molecule has 76 valence electrons. The van der Waals surface area contributed by atoms with Crippen LogP contribution in [0.25, 0.3) is 0 Å². The normalized spacial score (nSPS) is 25.0. The van der Waals surface area contributed by atoms with Gasteiger partial charge < -0.3 is 4.74 Å². The van der Waals surface area contributed by atoms with Crippen molar-refractivity contribution in [2.24, 2.45) is 5.41 Å². The standard InChI is InChI=1S/C12H12N2O/c13-7-12(10-2-1-3-14-4-10)5-11(6-12)8-15-9-11/h1-4H,5-6,8-9H2. The fourth-order valence-electron chi connectivity index (χ4n) is 2.82. The van der Waals surface area contributed by atoms with E-state index in [0.717, 1.165) is 31.6 Å². The summed E-state index contributed by atoms with van der Waals surface area (Å²) in [6, 6.07) is 6.36. The number of aromatic nitrogens is 1. The van der Waals surface area contributed by atoms with Crippen molar-refractivity contribution >= 4 is 0 Å².